The van der Waals surface area contributed by atoms with E-state index >= 15 is 0 Å². The average molecular weight is 459 g/mol. The molecule has 0 saturated carbocycles. The minimum Gasteiger partial charge on any atom is -0.378 e. The van der Waals surface area contributed by atoms with Crippen LogP contribution in [-0.2, 0) is 4.74 Å². The molecular weight excluding hydrogens is 437 g/mol. The van der Waals surface area contributed by atoms with Crippen molar-refractivity contribution in [3.05, 3.63) is 72.6 Å². The number of pyridine rings is 1. The Kier molecular flexibility index (Phi) is 6.34. The van der Waals surface area contributed by atoms with Gasteiger partial charge in [-0.3, -0.25) is 10.1 Å². The third-order valence-electron chi connectivity index (χ3n) is 5.17. The number of hydrogen-bond donors (Lipinski definition) is 3. The number of anilines is 4. The molecule has 0 radical (unpaired) electrons. The molecular formula is C23H22FN9O. The molecule has 11 heteroatoms. The number of hydrogen-bond acceptors (Lipinski definition) is 9. The second-order valence-corrected chi connectivity index (χ2v) is 7.48. The maximum Gasteiger partial charge on any atom is 0.245 e. The lowest BCUT2D eigenvalue weighted by Gasteiger charge is -2.27. The van der Waals surface area contributed by atoms with Crippen LogP contribution in [-0.4, -0.2) is 57.7 Å². The molecule has 3 N–H and O–H groups in total. The maximum atomic E-state index is 14.1. The van der Waals surface area contributed by atoms with Crippen molar-refractivity contribution in [3.63, 3.8) is 0 Å². The molecule has 1 aliphatic heterocycles. The largest absolute Gasteiger partial charge is 0.378 e. The highest BCUT2D eigenvalue weighted by Gasteiger charge is 2.17. The number of hydrazone groups is 1. The van der Waals surface area contributed by atoms with E-state index in [1.165, 1.54) is 0 Å². The highest BCUT2D eigenvalue weighted by Crippen LogP contribution is 2.22. The number of benzene rings is 1. The van der Waals surface area contributed by atoms with E-state index < -0.39 is 5.82 Å². The number of nitrogens with zero attached hydrogens (tertiary/aromatic N) is 6. The van der Waals surface area contributed by atoms with Crippen LogP contribution < -0.4 is 15.6 Å². The lowest BCUT2D eigenvalue weighted by atomic mass is 10.1. The smallest absolute Gasteiger partial charge is 0.245 e. The Hall–Kier alpha value is -4.38. The molecule has 34 heavy (non-hydrogen) atoms. The second-order valence-electron chi connectivity index (χ2n) is 7.48. The van der Waals surface area contributed by atoms with Crippen molar-refractivity contribution in [3.8, 4) is 11.3 Å². The predicted molar refractivity (Wildman–Crippen MR) is 128 cm³/mol. The van der Waals surface area contributed by atoms with E-state index in [1.807, 2.05) is 47.4 Å². The molecule has 0 amide bonds. The van der Waals surface area contributed by atoms with Crippen LogP contribution in [0.5, 0.6) is 0 Å². The maximum absolute atomic E-state index is 14.1. The van der Waals surface area contributed by atoms with Gasteiger partial charge in [0, 0.05) is 25.0 Å². The Balaban J connectivity index is 1.18. The number of halogens is 1. The van der Waals surface area contributed by atoms with Gasteiger partial charge in [-0.25, -0.2) is 14.8 Å². The van der Waals surface area contributed by atoms with Gasteiger partial charge < -0.3 is 15.0 Å². The van der Waals surface area contributed by atoms with Crippen molar-refractivity contribution in [2.24, 2.45) is 5.10 Å². The molecule has 1 aliphatic rings. The van der Waals surface area contributed by atoms with Gasteiger partial charge >= 0.3 is 0 Å². The zero-order valence-electron chi connectivity index (χ0n) is 18.1. The van der Waals surface area contributed by atoms with Crippen LogP contribution in [0.2, 0.25) is 0 Å². The summed E-state index contributed by atoms with van der Waals surface area (Å²) in [4.78, 5) is 14.4. The first-order valence-corrected chi connectivity index (χ1v) is 10.7. The molecule has 172 valence electrons. The molecule has 0 spiro atoms. The second kappa shape index (κ2) is 10.0. The van der Waals surface area contributed by atoms with Crippen LogP contribution in [0.15, 0.2) is 66.2 Å². The number of aromatic nitrogens is 5. The fraction of sp³-hybridized carbons (Fsp3) is 0.174. The van der Waals surface area contributed by atoms with Gasteiger partial charge in [-0.15, -0.1) is 0 Å². The summed E-state index contributed by atoms with van der Waals surface area (Å²) in [5, 5.41) is 14.3. The zero-order valence-corrected chi connectivity index (χ0v) is 18.1. The number of H-pyrrole nitrogens is 1. The molecule has 10 nitrogen and oxygen atoms in total. The molecule has 0 atom stereocenters. The summed E-state index contributed by atoms with van der Waals surface area (Å²) in [7, 11) is 0. The third kappa shape index (κ3) is 5.15. The Labute approximate surface area is 194 Å². The lowest BCUT2D eigenvalue weighted by molar-refractivity contribution is 0.122. The number of rotatable bonds is 7. The monoisotopic (exact) mass is 459 g/mol. The summed E-state index contributed by atoms with van der Waals surface area (Å²) in [6.07, 6.45) is 6.12. The molecule has 4 aromatic rings. The molecule has 1 saturated heterocycles. The van der Waals surface area contributed by atoms with Crippen LogP contribution in [0.4, 0.5) is 27.5 Å². The molecule has 4 heterocycles. The van der Waals surface area contributed by atoms with Crippen LogP contribution in [0, 0.1) is 5.82 Å². The van der Waals surface area contributed by atoms with Crippen molar-refractivity contribution in [2.75, 3.05) is 41.9 Å². The highest BCUT2D eigenvalue weighted by molar-refractivity contribution is 5.78. The lowest BCUT2D eigenvalue weighted by Crippen LogP contribution is -2.37. The fourth-order valence-electron chi connectivity index (χ4n) is 3.44. The zero-order chi connectivity index (χ0) is 23.2. The molecule has 0 unspecified atom stereocenters. The summed E-state index contributed by atoms with van der Waals surface area (Å²) in [5.41, 5.74) is 7.18. The van der Waals surface area contributed by atoms with E-state index in [-0.39, 0.29) is 11.8 Å². The summed E-state index contributed by atoms with van der Waals surface area (Å²) < 4.78 is 19.4. The van der Waals surface area contributed by atoms with Gasteiger partial charge in [-0.1, -0.05) is 12.1 Å². The van der Waals surface area contributed by atoms with Crippen LogP contribution >= 0.6 is 0 Å². The van der Waals surface area contributed by atoms with Crippen molar-refractivity contribution in [1.82, 2.24) is 25.1 Å². The number of morpholine rings is 1. The van der Waals surface area contributed by atoms with E-state index in [2.05, 4.69) is 41.0 Å². The summed E-state index contributed by atoms with van der Waals surface area (Å²) >= 11 is 0. The van der Waals surface area contributed by atoms with Crippen LogP contribution in [0.25, 0.3) is 11.3 Å². The van der Waals surface area contributed by atoms with E-state index in [0.717, 1.165) is 28.8 Å². The summed E-state index contributed by atoms with van der Waals surface area (Å²) in [6, 6.07) is 13.7. The van der Waals surface area contributed by atoms with Gasteiger partial charge in [-0.2, -0.15) is 15.2 Å². The predicted octanol–water partition coefficient (Wildman–Crippen LogP) is 3.43. The van der Waals surface area contributed by atoms with Gasteiger partial charge in [0.1, 0.15) is 0 Å². The van der Waals surface area contributed by atoms with Gasteiger partial charge in [0.05, 0.1) is 48.9 Å². The molecule has 1 fully saturated rings. The van der Waals surface area contributed by atoms with Crippen molar-refractivity contribution < 1.29 is 9.13 Å². The number of nitrogens with one attached hydrogen (secondary N) is 3. The van der Waals surface area contributed by atoms with E-state index in [9.17, 15) is 4.39 Å². The topological polar surface area (TPSA) is 116 Å². The average Bonchev–Trinajstić information content (AvgIpc) is 3.42. The molecule has 3 aromatic heterocycles. The summed E-state index contributed by atoms with van der Waals surface area (Å²) in [6.45, 7) is 2.24. The van der Waals surface area contributed by atoms with E-state index in [4.69, 9.17) is 4.74 Å². The van der Waals surface area contributed by atoms with Crippen molar-refractivity contribution in [1.29, 1.82) is 0 Å². The van der Waals surface area contributed by atoms with Gasteiger partial charge in [-0.05, 0) is 35.9 Å². The van der Waals surface area contributed by atoms with Crippen LogP contribution in [0.1, 0.15) is 5.69 Å². The van der Waals surface area contributed by atoms with Crippen molar-refractivity contribution >= 4 is 29.4 Å². The molecule has 5 rings (SSSR count). The normalized spacial score (nSPS) is 13.9. The first-order chi connectivity index (χ1) is 16.7. The SMILES string of the molecule is Fc1cnc(N/N=C/c2ccc(Nc3ccc(-c4ccn[nH]4)cc3)cn2)nc1N1CCOCC1. The summed E-state index contributed by atoms with van der Waals surface area (Å²) in [5.74, 6) is -0.0321. The highest BCUT2D eigenvalue weighted by atomic mass is 19.1. The van der Waals surface area contributed by atoms with Crippen LogP contribution in [0.3, 0.4) is 0 Å². The van der Waals surface area contributed by atoms with Crippen molar-refractivity contribution in [2.45, 2.75) is 0 Å². The standard InChI is InChI=1S/C23H22FN9O/c24-20-15-26-23(30-22(20)33-9-11-34-12-10-33)32-28-14-18-5-6-19(13-25-18)29-17-3-1-16(2-4-17)21-7-8-27-31-21/h1-8,13-15,29H,9-12H2,(H,27,31)(H,26,30,32)/b28-14+. The molecule has 1 aromatic carbocycles. The van der Waals surface area contributed by atoms with Gasteiger partial charge in [0.25, 0.3) is 0 Å². The molecule has 0 bridgehead atoms. The van der Waals surface area contributed by atoms with Gasteiger partial charge in [0.15, 0.2) is 11.6 Å². The van der Waals surface area contributed by atoms with Gasteiger partial charge in [0.2, 0.25) is 5.95 Å². The Morgan fingerprint density at radius 3 is 2.56 bits per heavy atom. The molecule has 0 aliphatic carbocycles. The minimum absolute atomic E-state index is 0.205. The first-order valence-electron chi connectivity index (χ1n) is 10.7. The Morgan fingerprint density at radius 2 is 1.82 bits per heavy atom. The first kappa shape index (κ1) is 21.5. The number of aromatic amines is 1. The van der Waals surface area contributed by atoms with E-state index in [0.29, 0.717) is 32.0 Å². The van der Waals surface area contributed by atoms with E-state index in [1.54, 1.807) is 18.6 Å². The number of ether oxygens (including phenoxy) is 1. The minimum atomic E-state index is -0.475. The Morgan fingerprint density at radius 1 is 1.00 bits per heavy atom. The fourth-order valence-corrected chi connectivity index (χ4v) is 3.44. The Bertz CT molecular complexity index is 1240. The third-order valence-corrected chi connectivity index (χ3v) is 5.17. The quantitative estimate of drug-likeness (QED) is 0.284.